The summed E-state index contributed by atoms with van der Waals surface area (Å²) in [5.41, 5.74) is 1.41. The lowest BCUT2D eigenvalue weighted by Crippen LogP contribution is -2.30. The second kappa shape index (κ2) is 6.12. The first-order chi connectivity index (χ1) is 10.3. The molecule has 2 atom stereocenters. The van der Waals surface area contributed by atoms with Crippen molar-refractivity contribution in [3.63, 3.8) is 0 Å². The second-order valence-corrected chi connectivity index (χ2v) is 5.39. The summed E-state index contributed by atoms with van der Waals surface area (Å²) in [6, 6.07) is 13.1. The number of rotatable bonds is 4. The molecule has 21 heavy (non-hydrogen) atoms. The molecule has 0 amide bonds. The smallest absolute Gasteiger partial charge is 0.218 e. The molecule has 2 unspecified atom stereocenters. The van der Waals surface area contributed by atoms with Crippen LogP contribution in [-0.4, -0.2) is 29.2 Å². The van der Waals surface area contributed by atoms with Gasteiger partial charge in [-0.25, -0.2) is 9.97 Å². The first kappa shape index (κ1) is 13.9. The molecular formula is C17H21N3O. The van der Waals surface area contributed by atoms with E-state index >= 15 is 0 Å². The normalized spacial score (nSPS) is 21.5. The number of nitrogens with zero attached hydrogens (tertiary/aromatic N) is 3. The molecule has 1 aliphatic rings. The van der Waals surface area contributed by atoms with E-state index in [1.54, 1.807) is 6.33 Å². The van der Waals surface area contributed by atoms with Crippen molar-refractivity contribution >= 4 is 5.82 Å². The minimum absolute atomic E-state index is 0.428. The third-order valence-electron chi connectivity index (χ3n) is 4.20. The number of anilines is 1. The van der Waals surface area contributed by atoms with Gasteiger partial charge in [-0.2, -0.15) is 0 Å². The van der Waals surface area contributed by atoms with E-state index in [0.29, 0.717) is 24.4 Å². The van der Waals surface area contributed by atoms with E-state index in [0.717, 1.165) is 18.8 Å². The summed E-state index contributed by atoms with van der Waals surface area (Å²) in [6.45, 7) is 5.88. The first-order valence-electron chi connectivity index (χ1n) is 7.56. The highest BCUT2D eigenvalue weighted by Gasteiger charge is 2.32. The highest BCUT2D eigenvalue weighted by Crippen LogP contribution is 2.35. The zero-order valence-electron chi connectivity index (χ0n) is 12.6. The van der Waals surface area contributed by atoms with Crippen LogP contribution in [0.15, 0.2) is 42.7 Å². The first-order valence-corrected chi connectivity index (χ1v) is 7.56. The summed E-state index contributed by atoms with van der Waals surface area (Å²) in [4.78, 5) is 10.9. The highest BCUT2D eigenvalue weighted by atomic mass is 16.5. The predicted octanol–water partition coefficient (Wildman–Crippen LogP) is 3.26. The minimum Gasteiger partial charge on any atom is -0.478 e. The average molecular weight is 283 g/mol. The number of benzene rings is 1. The summed E-state index contributed by atoms with van der Waals surface area (Å²) in [6.07, 6.45) is 2.74. The van der Waals surface area contributed by atoms with E-state index in [4.69, 9.17) is 4.74 Å². The van der Waals surface area contributed by atoms with E-state index in [1.807, 2.05) is 13.0 Å². The van der Waals surface area contributed by atoms with Crippen molar-refractivity contribution in [2.75, 3.05) is 18.1 Å². The van der Waals surface area contributed by atoms with Crippen LogP contribution in [-0.2, 0) is 0 Å². The lowest BCUT2D eigenvalue weighted by atomic mass is 9.93. The Hall–Kier alpha value is -2.10. The Labute approximate surface area is 125 Å². The second-order valence-electron chi connectivity index (χ2n) is 5.39. The Balaban J connectivity index is 1.80. The van der Waals surface area contributed by atoms with Crippen molar-refractivity contribution in [2.45, 2.75) is 32.2 Å². The molecule has 1 saturated heterocycles. The fourth-order valence-corrected chi connectivity index (χ4v) is 3.12. The van der Waals surface area contributed by atoms with E-state index < -0.39 is 0 Å². The summed E-state index contributed by atoms with van der Waals surface area (Å²) >= 11 is 0. The fourth-order valence-electron chi connectivity index (χ4n) is 3.12. The molecule has 4 nitrogen and oxygen atoms in total. The molecule has 110 valence electrons. The molecule has 3 rings (SSSR count). The van der Waals surface area contributed by atoms with Crippen LogP contribution in [0.1, 0.15) is 31.7 Å². The van der Waals surface area contributed by atoms with Crippen LogP contribution in [0, 0.1) is 0 Å². The van der Waals surface area contributed by atoms with Crippen LogP contribution >= 0.6 is 0 Å². The molecule has 4 heteroatoms. The van der Waals surface area contributed by atoms with E-state index in [9.17, 15) is 0 Å². The SMILES string of the molecule is CCOc1cc(N2CCC(c3ccccc3)C2C)ncn1. The molecule has 1 fully saturated rings. The summed E-state index contributed by atoms with van der Waals surface area (Å²) < 4.78 is 5.48. The molecule has 0 aliphatic carbocycles. The van der Waals surface area contributed by atoms with Crippen LogP contribution in [0.2, 0.25) is 0 Å². The van der Waals surface area contributed by atoms with Gasteiger partial charge in [-0.3, -0.25) is 0 Å². The summed E-state index contributed by atoms with van der Waals surface area (Å²) in [5, 5.41) is 0. The van der Waals surface area contributed by atoms with Crippen molar-refractivity contribution < 1.29 is 4.74 Å². The number of hydrogen-bond donors (Lipinski definition) is 0. The molecule has 2 aromatic rings. The van der Waals surface area contributed by atoms with Gasteiger partial charge in [0.25, 0.3) is 0 Å². The minimum atomic E-state index is 0.428. The lowest BCUT2D eigenvalue weighted by molar-refractivity contribution is 0.326. The molecule has 0 N–H and O–H groups in total. The van der Waals surface area contributed by atoms with Gasteiger partial charge in [0.1, 0.15) is 12.1 Å². The van der Waals surface area contributed by atoms with Crippen molar-refractivity contribution in [3.8, 4) is 5.88 Å². The van der Waals surface area contributed by atoms with E-state index in [-0.39, 0.29) is 0 Å². The quantitative estimate of drug-likeness (QED) is 0.863. The fraction of sp³-hybridized carbons (Fsp3) is 0.412. The largest absolute Gasteiger partial charge is 0.478 e. The van der Waals surface area contributed by atoms with Gasteiger partial charge in [0, 0.05) is 24.6 Å². The molecule has 0 spiro atoms. The molecule has 1 aromatic heterocycles. The molecule has 1 aliphatic heterocycles. The van der Waals surface area contributed by atoms with E-state index in [2.05, 4.69) is 52.1 Å². The maximum atomic E-state index is 5.48. The Bertz CT molecular complexity index is 588. The maximum absolute atomic E-state index is 5.48. The van der Waals surface area contributed by atoms with Crippen LogP contribution in [0.4, 0.5) is 5.82 Å². The maximum Gasteiger partial charge on any atom is 0.218 e. The third kappa shape index (κ3) is 2.84. The van der Waals surface area contributed by atoms with Crippen LogP contribution in [0.5, 0.6) is 5.88 Å². The van der Waals surface area contributed by atoms with Crippen molar-refractivity contribution in [2.24, 2.45) is 0 Å². The van der Waals surface area contributed by atoms with Crippen molar-refractivity contribution in [1.82, 2.24) is 9.97 Å². The van der Waals surface area contributed by atoms with Gasteiger partial charge in [-0.05, 0) is 25.8 Å². The van der Waals surface area contributed by atoms with Gasteiger partial charge in [0.2, 0.25) is 5.88 Å². The molecule has 0 bridgehead atoms. The van der Waals surface area contributed by atoms with Crippen LogP contribution in [0.3, 0.4) is 0 Å². The predicted molar refractivity (Wildman–Crippen MR) is 83.8 cm³/mol. The van der Waals surface area contributed by atoms with E-state index in [1.165, 1.54) is 5.56 Å². The molecule has 0 saturated carbocycles. The molecule has 2 heterocycles. The number of hydrogen-bond acceptors (Lipinski definition) is 4. The molecule has 0 radical (unpaired) electrons. The highest BCUT2D eigenvalue weighted by molar-refractivity contribution is 5.45. The van der Waals surface area contributed by atoms with Gasteiger partial charge >= 0.3 is 0 Å². The van der Waals surface area contributed by atoms with Gasteiger partial charge in [0.05, 0.1) is 6.61 Å². The Morgan fingerprint density at radius 3 is 2.81 bits per heavy atom. The monoisotopic (exact) mass is 283 g/mol. The number of aromatic nitrogens is 2. The molecule has 1 aromatic carbocycles. The molecular weight excluding hydrogens is 262 g/mol. The standard InChI is InChI=1S/C17H21N3O/c1-3-21-17-11-16(18-12-19-17)20-10-9-15(13(20)2)14-7-5-4-6-8-14/h4-8,11-13,15H,3,9-10H2,1-2H3. The zero-order chi connectivity index (χ0) is 14.7. The average Bonchev–Trinajstić information content (AvgIpc) is 2.90. The van der Waals surface area contributed by atoms with Gasteiger partial charge in [0.15, 0.2) is 0 Å². The summed E-state index contributed by atoms with van der Waals surface area (Å²) in [7, 11) is 0. The Morgan fingerprint density at radius 2 is 2.05 bits per heavy atom. The summed E-state index contributed by atoms with van der Waals surface area (Å²) in [5.74, 6) is 2.16. The van der Waals surface area contributed by atoms with Gasteiger partial charge in [-0.1, -0.05) is 30.3 Å². The van der Waals surface area contributed by atoms with Crippen LogP contribution in [0.25, 0.3) is 0 Å². The zero-order valence-corrected chi connectivity index (χ0v) is 12.6. The van der Waals surface area contributed by atoms with Crippen LogP contribution < -0.4 is 9.64 Å². The topological polar surface area (TPSA) is 38.2 Å². The Morgan fingerprint density at radius 1 is 1.24 bits per heavy atom. The van der Waals surface area contributed by atoms with Crippen molar-refractivity contribution in [1.29, 1.82) is 0 Å². The lowest BCUT2D eigenvalue weighted by Gasteiger charge is -2.26. The van der Waals surface area contributed by atoms with Gasteiger partial charge < -0.3 is 9.64 Å². The Kier molecular flexibility index (Phi) is 4.04. The third-order valence-corrected chi connectivity index (χ3v) is 4.20. The van der Waals surface area contributed by atoms with Crippen molar-refractivity contribution in [3.05, 3.63) is 48.3 Å². The van der Waals surface area contributed by atoms with Gasteiger partial charge in [-0.15, -0.1) is 0 Å². The number of ether oxygens (including phenoxy) is 1.